The third kappa shape index (κ3) is 5.82. The van der Waals surface area contributed by atoms with E-state index in [1.165, 1.54) is 19.2 Å². The normalized spacial score (nSPS) is 12.2. The molecule has 0 atom stereocenters. The van der Waals surface area contributed by atoms with E-state index in [9.17, 15) is 13.2 Å². The molecular weight excluding hydrogens is 294 g/mol. The van der Waals surface area contributed by atoms with E-state index < -0.39 is 21.4 Å². The first-order valence-corrected chi connectivity index (χ1v) is 8.10. The van der Waals surface area contributed by atoms with Crippen molar-refractivity contribution in [3.05, 3.63) is 35.4 Å². The topological polar surface area (TPSA) is 92.7 Å². The lowest BCUT2D eigenvalue weighted by Gasteiger charge is -2.21. The van der Waals surface area contributed by atoms with Crippen molar-refractivity contribution in [1.29, 1.82) is 0 Å². The van der Waals surface area contributed by atoms with Crippen LogP contribution in [0.4, 0.5) is 0 Å². The fourth-order valence-corrected chi connectivity index (χ4v) is 2.83. The molecule has 2 N–H and O–H groups in total. The largest absolute Gasteiger partial charge is 0.465 e. The van der Waals surface area contributed by atoms with Gasteiger partial charge in [0.2, 0.25) is 10.0 Å². The van der Waals surface area contributed by atoms with Gasteiger partial charge in [-0.25, -0.2) is 17.9 Å². The summed E-state index contributed by atoms with van der Waals surface area (Å²) >= 11 is 0. The molecule has 0 aromatic heterocycles. The van der Waals surface area contributed by atoms with Gasteiger partial charge in [-0.1, -0.05) is 26.0 Å². The average molecular weight is 315 g/mol. The Kier molecular flexibility index (Phi) is 5.88. The number of hydrogen-bond acceptors (Lipinski definition) is 5. The van der Waals surface area contributed by atoms with Crippen molar-refractivity contribution < 1.29 is 23.1 Å². The molecule has 7 heteroatoms. The van der Waals surface area contributed by atoms with E-state index in [0.717, 1.165) is 0 Å². The molecular formula is C14H21NO5S. The van der Waals surface area contributed by atoms with Crippen LogP contribution < -0.4 is 4.72 Å². The summed E-state index contributed by atoms with van der Waals surface area (Å²) < 4.78 is 30.9. The minimum absolute atomic E-state index is 0.108. The molecule has 21 heavy (non-hydrogen) atoms. The Hall–Kier alpha value is -1.44. The van der Waals surface area contributed by atoms with Crippen molar-refractivity contribution in [3.8, 4) is 0 Å². The molecule has 1 aromatic carbocycles. The number of ether oxygens (including phenoxy) is 1. The molecule has 0 bridgehead atoms. The van der Waals surface area contributed by atoms with Crippen molar-refractivity contribution >= 4 is 16.0 Å². The predicted octanol–water partition coefficient (Wildman–Crippen LogP) is 0.911. The van der Waals surface area contributed by atoms with Crippen molar-refractivity contribution in [3.63, 3.8) is 0 Å². The monoisotopic (exact) mass is 315 g/mol. The lowest BCUT2D eigenvalue weighted by atomic mass is 9.96. The summed E-state index contributed by atoms with van der Waals surface area (Å²) in [5.41, 5.74) is 0.423. The number of carbonyl (C=O) groups excluding carboxylic acids is 1. The van der Waals surface area contributed by atoms with Crippen LogP contribution in [0, 0.1) is 5.41 Å². The van der Waals surface area contributed by atoms with E-state index in [-0.39, 0.29) is 18.9 Å². The maximum absolute atomic E-state index is 12.0. The smallest absolute Gasteiger partial charge is 0.337 e. The predicted molar refractivity (Wildman–Crippen MR) is 79.3 cm³/mol. The van der Waals surface area contributed by atoms with Crippen LogP contribution in [0.25, 0.3) is 0 Å². The number of aliphatic hydroxyl groups excluding tert-OH is 1. The van der Waals surface area contributed by atoms with E-state index in [2.05, 4.69) is 9.46 Å². The number of methoxy groups -OCH3 is 1. The van der Waals surface area contributed by atoms with Crippen LogP contribution in [0.3, 0.4) is 0 Å². The average Bonchev–Trinajstić information content (AvgIpc) is 2.45. The molecule has 0 saturated carbocycles. The number of carbonyl (C=O) groups is 1. The van der Waals surface area contributed by atoms with Gasteiger partial charge in [0.25, 0.3) is 0 Å². The van der Waals surface area contributed by atoms with E-state index in [0.29, 0.717) is 11.1 Å². The van der Waals surface area contributed by atoms with Crippen LogP contribution in [0.1, 0.15) is 29.8 Å². The van der Waals surface area contributed by atoms with Gasteiger partial charge in [-0.15, -0.1) is 0 Å². The molecule has 0 aliphatic rings. The van der Waals surface area contributed by atoms with Gasteiger partial charge in [-0.2, -0.15) is 0 Å². The van der Waals surface area contributed by atoms with Crippen LogP contribution in [0.15, 0.2) is 24.3 Å². The molecule has 118 valence electrons. The van der Waals surface area contributed by atoms with Gasteiger partial charge >= 0.3 is 5.97 Å². The molecule has 0 heterocycles. The van der Waals surface area contributed by atoms with Crippen molar-refractivity contribution in [1.82, 2.24) is 4.72 Å². The van der Waals surface area contributed by atoms with Gasteiger partial charge in [0.15, 0.2) is 0 Å². The zero-order valence-corrected chi connectivity index (χ0v) is 13.2. The van der Waals surface area contributed by atoms with Crippen molar-refractivity contribution in [2.24, 2.45) is 5.41 Å². The minimum Gasteiger partial charge on any atom is -0.465 e. The number of sulfonamides is 1. The van der Waals surface area contributed by atoms with Gasteiger partial charge in [0.05, 0.1) is 18.4 Å². The highest BCUT2D eigenvalue weighted by molar-refractivity contribution is 7.88. The Balaban J connectivity index is 2.69. The zero-order chi connectivity index (χ0) is 16.1. The van der Waals surface area contributed by atoms with Crippen LogP contribution in [0.5, 0.6) is 0 Å². The number of rotatable bonds is 7. The molecule has 1 rings (SSSR count). The van der Waals surface area contributed by atoms with Crippen LogP contribution in [-0.4, -0.2) is 39.8 Å². The Morgan fingerprint density at radius 1 is 1.29 bits per heavy atom. The Labute approximate surface area is 125 Å². The Morgan fingerprint density at radius 3 is 2.33 bits per heavy atom. The highest BCUT2D eigenvalue weighted by Crippen LogP contribution is 2.13. The maximum atomic E-state index is 12.0. The minimum atomic E-state index is -3.49. The molecule has 0 radical (unpaired) electrons. The van der Waals surface area contributed by atoms with Crippen LogP contribution in [-0.2, 0) is 20.5 Å². The number of hydrogen-bond donors (Lipinski definition) is 2. The zero-order valence-electron chi connectivity index (χ0n) is 12.4. The van der Waals surface area contributed by atoms with Gasteiger partial charge in [-0.3, -0.25) is 0 Å². The fraction of sp³-hybridized carbons (Fsp3) is 0.500. The molecule has 0 amide bonds. The number of nitrogens with one attached hydrogen (secondary N) is 1. The summed E-state index contributed by atoms with van der Waals surface area (Å²) in [4.78, 5) is 11.3. The Morgan fingerprint density at radius 2 is 1.86 bits per heavy atom. The summed E-state index contributed by atoms with van der Waals surface area (Å²) in [5.74, 6) is -0.650. The summed E-state index contributed by atoms with van der Waals surface area (Å²) in [5, 5.41) is 9.11. The number of benzene rings is 1. The molecule has 0 fully saturated rings. The number of esters is 1. The highest BCUT2D eigenvalue weighted by Gasteiger charge is 2.20. The summed E-state index contributed by atoms with van der Waals surface area (Å²) in [6, 6.07) is 6.19. The summed E-state index contributed by atoms with van der Waals surface area (Å²) in [6.07, 6.45) is 0. The molecule has 0 aliphatic heterocycles. The first-order chi connectivity index (χ1) is 9.69. The molecule has 0 aliphatic carbocycles. The van der Waals surface area contributed by atoms with Gasteiger partial charge in [0, 0.05) is 18.6 Å². The molecule has 0 spiro atoms. The van der Waals surface area contributed by atoms with Gasteiger partial charge in [-0.05, 0) is 17.7 Å². The summed E-state index contributed by atoms with van der Waals surface area (Å²) in [6.45, 7) is 3.58. The van der Waals surface area contributed by atoms with Crippen molar-refractivity contribution in [2.45, 2.75) is 19.6 Å². The maximum Gasteiger partial charge on any atom is 0.337 e. The van der Waals surface area contributed by atoms with E-state index >= 15 is 0 Å². The SMILES string of the molecule is COC(=O)c1ccc(CS(=O)(=O)NCC(C)(C)CO)cc1. The standard InChI is InChI=1S/C14H21NO5S/c1-14(2,10-16)9-15-21(18,19)8-11-4-6-12(7-5-11)13(17)20-3/h4-7,15-16H,8-10H2,1-3H3. The van der Waals surface area contributed by atoms with E-state index in [4.69, 9.17) is 5.11 Å². The first kappa shape index (κ1) is 17.6. The van der Waals surface area contributed by atoms with Crippen LogP contribution in [0.2, 0.25) is 0 Å². The molecule has 1 aromatic rings. The number of aliphatic hydroxyl groups is 1. The highest BCUT2D eigenvalue weighted by atomic mass is 32.2. The fourth-order valence-electron chi connectivity index (χ4n) is 1.49. The third-order valence-corrected chi connectivity index (χ3v) is 4.23. The second-order valence-electron chi connectivity index (χ2n) is 5.59. The molecule has 0 unspecified atom stereocenters. The van der Waals surface area contributed by atoms with Crippen molar-refractivity contribution in [2.75, 3.05) is 20.3 Å². The lowest BCUT2D eigenvalue weighted by Crippen LogP contribution is -2.36. The first-order valence-electron chi connectivity index (χ1n) is 6.44. The third-order valence-electron chi connectivity index (χ3n) is 2.93. The quantitative estimate of drug-likeness (QED) is 0.730. The molecule has 6 nitrogen and oxygen atoms in total. The van der Waals surface area contributed by atoms with E-state index in [1.54, 1.807) is 26.0 Å². The lowest BCUT2D eigenvalue weighted by molar-refractivity contribution is 0.0600. The second kappa shape index (κ2) is 7.02. The van der Waals surface area contributed by atoms with Crippen LogP contribution >= 0.6 is 0 Å². The van der Waals surface area contributed by atoms with Gasteiger partial charge < -0.3 is 9.84 Å². The summed E-state index contributed by atoms with van der Waals surface area (Å²) in [7, 11) is -2.21. The van der Waals surface area contributed by atoms with E-state index in [1.807, 2.05) is 0 Å². The van der Waals surface area contributed by atoms with Gasteiger partial charge in [0.1, 0.15) is 0 Å². The molecule has 0 saturated heterocycles. The Bertz CT molecular complexity index is 578. The second-order valence-corrected chi connectivity index (χ2v) is 7.40.